The Morgan fingerprint density at radius 2 is 1.45 bits per heavy atom. The SMILES string of the molecule is CC(C)Oc1ccc(C2=C(O)C(=O)N(c3ccc(N4CCCC4)cc3)C2=O)cc1. The summed E-state index contributed by atoms with van der Waals surface area (Å²) in [5.74, 6) is -1.11. The molecular formula is C23H24N2O4. The Kier molecular flexibility index (Phi) is 5.01. The minimum atomic E-state index is -0.707. The molecule has 2 aromatic carbocycles. The number of anilines is 2. The molecule has 2 aliphatic rings. The van der Waals surface area contributed by atoms with Crippen molar-refractivity contribution in [1.29, 1.82) is 0 Å². The van der Waals surface area contributed by atoms with Gasteiger partial charge in [-0.2, -0.15) is 0 Å². The van der Waals surface area contributed by atoms with Crippen LogP contribution in [0.15, 0.2) is 54.3 Å². The van der Waals surface area contributed by atoms with Crippen molar-refractivity contribution in [3.8, 4) is 5.75 Å². The summed E-state index contributed by atoms with van der Waals surface area (Å²) in [7, 11) is 0. The first-order chi connectivity index (χ1) is 14.0. The molecule has 6 heteroatoms. The topological polar surface area (TPSA) is 70.1 Å². The lowest BCUT2D eigenvalue weighted by Gasteiger charge is -2.20. The summed E-state index contributed by atoms with van der Waals surface area (Å²) >= 11 is 0. The number of aliphatic hydroxyl groups is 1. The lowest BCUT2D eigenvalue weighted by atomic mass is 10.1. The van der Waals surface area contributed by atoms with Crippen molar-refractivity contribution in [3.05, 3.63) is 59.9 Å². The highest BCUT2D eigenvalue weighted by Crippen LogP contribution is 2.33. The van der Waals surface area contributed by atoms with Gasteiger partial charge in [0.25, 0.3) is 5.91 Å². The van der Waals surface area contributed by atoms with Gasteiger partial charge in [0.15, 0.2) is 5.76 Å². The van der Waals surface area contributed by atoms with E-state index in [4.69, 9.17) is 4.74 Å². The zero-order valence-corrected chi connectivity index (χ0v) is 16.6. The molecule has 1 fully saturated rings. The van der Waals surface area contributed by atoms with Crippen LogP contribution in [0.3, 0.4) is 0 Å². The van der Waals surface area contributed by atoms with Crippen LogP contribution in [0.1, 0.15) is 32.3 Å². The van der Waals surface area contributed by atoms with Gasteiger partial charge in [0.05, 0.1) is 17.4 Å². The molecule has 0 atom stereocenters. The van der Waals surface area contributed by atoms with Crippen LogP contribution in [-0.2, 0) is 9.59 Å². The van der Waals surface area contributed by atoms with Gasteiger partial charge < -0.3 is 14.7 Å². The predicted molar refractivity (Wildman–Crippen MR) is 112 cm³/mol. The highest BCUT2D eigenvalue weighted by Gasteiger charge is 2.40. The lowest BCUT2D eigenvalue weighted by molar-refractivity contribution is -0.121. The molecule has 1 saturated heterocycles. The van der Waals surface area contributed by atoms with Crippen LogP contribution in [0.5, 0.6) is 5.75 Å². The van der Waals surface area contributed by atoms with E-state index in [2.05, 4.69) is 4.90 Å². The largest absolute Gasteiger partial charge is 0.502 e. The Bertz CT molecular complexity index is 955. The molecule has 0 unspecified atom stereocenters. The van der Waals surface area contributed by atoms with E-state index in [1.165, 1.54) is 12.8 Å². The smallest absolute Gasteiger partial charge is 0.301 e. The van der Waals surface area contributed by atoms with Gasteiger partial charge in [-0.1, -0.05) is 12.1 Å². The highest BCUT2D eigenvalue weighted by atomic mass is 16.5. The number of hydrogen-bond acceptors (Lipinski definition) is 5. The minimum absolute atomic E-state index is 0.00900. The van der Waals surface area contributed by atoms with E-state index in [1.54, 1.807) is 36.4 Å². The van der Waals surface area contributed by atoms with Gasteiger partial charge in [-0.3, -0.25) is 9.59 Å². The summed E-state index contributed by atoms with van der Waals surface area (Å²) in [4.78, 5) is 28.9. The number of rotatable bonds is 5. The van der Waals surface area contributed by atoms with E-state index in [0.29, 0.717) is 17.0 Å². The van der Waals surface area contributed by atoms with E-state index in [1.807, 2.05) is 26.0 Å². The number of benzene rings is 2. The van der Waals surface area contributed by atoms with E-state index >= 15 is 0 Å². The van der Waals surface area contributed by atoms with Gasteiger partial charge in [-0.05, 0) is 68.7 Å². The van der Waals surface area contributed by atoms with Crippen LogP contribution in [0.25, 0.3) is 5.57 Å². The molecule has 2 aliphatic heterocycles. The van der Waals surface area contributed by atoms with Gasteiger partial charge in [0.2, 0.25) is 0 Å². The van der Waals surface area contributed by atoms with Gasteiger partial charge in [-0.15, -0.1) is 0 Å². The molecule has 4 rings (SSSR count). The lowest BCUT2D eigenvalue weighted by Crippen LogP contribution is -2.31. The van der Waals surface area contributed by atoms with Crippen molar-refractivity contribution in [2.45, 2.75) is 32.8 Å². The summed E-state index contributed by atoms with van der Waals surface area (Å²) in [6.07, 6.45) is 2.38. The van der Waals surface area contributed by atoms with E-state index < -0.39 is 17.6 Å². The Hall–Kier alpha value is -3.28. The molecule has 1 N–H and O–H groups in total. The molecule has 0 saturated carbocycles. The Balaban J connectivity index is 1.57. The number of amides is 2. The molecule has 2 aromatic rings. The third kappa shape index (κ3) is 3.58. The van der Waals surface area contributed by atoms with Crippen molar-refractivity contribution in [1.82, 2.24) is 0 Å². The predicted octanol–water partition coefficient (Wildman–Crippen LogP) is 3.92. The second-order valence-electron chi connectivity index (χ2n) is 7.57. The first kappa shape index (κ1) is 19.1. The van der Waals surface area contributed by atoms with Crippen molar-refractivity contribution >= 4 is 28.8 Å². The molecule has 0 aliphatic carbocycles. The van der Waals surface area contributed by atoms with Gasteiger partial charge in [-0.25, -0.2) is 4.90 Å². The molecule has 0 bridgehead atoms. The quantitative estimate of drug-likeness (QED) is 0.781. The summed E-state index contributed by atoms with van der Waals surface area (Å²) in [5, 5.41) is 10.4. The standard InChI is InChI=1S/C23H24N2O4/c1-15(2)29-19-11-5-16(6-12-19)20-21(26)23(28)25(22(20)27)18-9-7-17(8-10-18)24-13-3-4-14-24/h5-12,15,26H,3-4,13-14H2,1-2H3. The first-order valence-corrected chi connectivity index (χ1v) is 9.90. The normalized spacial score (nSPS) is 17.1. The van der Waals surface area contributed by atoms with Gasteiger partial charge in [0, 0.05) is 18.8 Å². The van der Waals surface area contributed by atoms with Crippen molar-refractivity contribution in [3.63, 3.8) is 0 Å². The van der Waals surface area contributed by atoms with Crippen LogP contribution in [0.2, 0.25) is 0 Å². The zero-order chi connectivity index (χ0) is 20.5. The second-order valence-corrected chi connectivity index (χ2v) is 7.57. The molecule has 29 heavy (non-hydrogen) atoms. The van der Waals surface area contributed by atoms with Crippen LogP contribution in [0, 0.1) is 0 Å². The van der Waals surface area contributed by atoms with Crippen molar-refractivity contribution < 1.29 is 19.4 Å². The fourth-order valence-corrected chi connectivity index (χ4v) is 3.77. The summed E-state index contributed by atoms with van der Waals surface area (Å²) < 4.78 is 5.61. The second kappa shape index (κ2) is 7.62. The maximum Gasteiger partial charge on any atom is 0.301 e. The summed E-state index contributed by atoms with van der Waals surface area (Å²) in [6, 6.07) is 14.1. The fraction of sp³-hybridized carbons (Fsp3) is 0.304. The zero-order valence-electron chi connectivity index (χ0n) is 16.6. The Morgan fingerprint density at radius 1 is 0.862 bits per heavy atom. The molecule has 0 aromatic heterocycles. The summed E-state index contributed by atoms with van der Waals surface area (Å²) in [6.45, 7) is 5.89. The molecule has 0 spiro atoms. The molecule has 2 heterocycles. The van der Waals surface area contributed by atoms with E-state index in [0.717, 1.165) is 23.7 Å². The highest BCUT2D eigenvalue weighted by molar-refractivity contribution is 6.44. The number of hydrogen-bond donors (Lipinski definition) is 1. The fourth-order valence-electron chi connectivity index (χ4n) is 3.77. The molecular weight excluding hydrogens is 368 g/mol. The number of carbonyl (C=O) groups is 2. The van der Waals surface area contributed by atoms with Crippen LogP contribution >= 0.6 is 0 Å². The van der Waals surface area contributed by atoms with Crippen LogP contribution in [0.4, 0.5) is 11.4 Å². The molecule has 150 valence electrons. The number of ether oxygens (including phenoxy) is 1. The molecule has 0 radical (unpaired) electrons. The van der Waals surface area contributed by atoms with Crippen LogP contribution < -0.4 is 14.5 Å². The number of nitrogens with zero attached hydrogens (tertiary/aromatic N) is 2. The minimum Gasteiger partial charge on any atom is -0.502 e. The third-order valence-electron chi connectivity index (χ3n) is 5.15. The number of aliphatic hydroxyl groups excluding tert-OH is 1. The summed E-state index contributed by atoms with van der Waals surface area (Å²) in [5.41, 5.74) is 2.01. The average Bonchev–Trinajstić information content (AvgIpc) is 3.31. The van der Waals surface area contributed by atoms with Gasteiger partial charge >= 0.3 is 5.91 Å². The number of imide groups is 1. The van der Waals surface area contributed by atoms with Crippen molar-refractivity contribution in [2.75, 3.05) is 22.9 Å². The Morgan fingerprint density at radius 3 is 2.03 bits per heavy atom. The van der Waals surface area contributed by atoms with Gasteiger partial charge in [0.1, 0.15) is 5.75 Å². The third-order valence-corrected chi connectivity index (χ3v) is 5.15. The average molecular weight is 392 g/mol. The maximum atomic E-state index is 13.0. The van der Waals surface area contributed by atoms with Crippen molar-refractivity contribution in [2.24, 2.45) is 0 Å². The van der Waals surface area contributed by atoms with E-state index in [9.17, 15) is 14.7 Å². The maximum absolute atomic E-state index is 13.0. The molecule has 6 nitrogen and oxygen atoms in total. The Labute approximate surface area is 170 Å². The molecule has 2 amide bonds. The van der Waals surface area contributed by atoms with Crippen LogP contribution in [-0.4, -0.2) is 36.1 Å². The number of carbonyl (C=O) groups excluding carboxylic acids is 2. The first-order valence-electron chi connectivity index (χ1n) is 9.90. The monoisotopic (exact) mass is 392 g/mol. The van der Waals surface area contributed by atoms with E-state index in [-0.39, 0.29) is 11.7 Å².